The fourth-order valence-electron chi connectivity index (χ4n) is 4.21. The Morgan fingerprint density at radius 3 is 2.79 bits per heavy atom. The molecule has 0 saturated carbocycles. The largest absolute Gasteiger partial charge is 0.370 e. The lowest BCUT2D eigenvalue weighted by Gasteiger charge is -2.33. The summed E-state index contributed by atoms with van der Waals surface area (Å²) in [6.45, 7) is 1.69. The maximum absolute atomic E-state index is 13.2. The predicted octanol–water partition coefficient (Wildman–Crippen LogP) is 1.17. The van der Waals surface area contributed by atoms with Gasteiger partial charge in [-0.05, 0) is 41.7 Å². The minimum absolute atomic E-state index is 0.0243. The number of piperidine rings is 1. The third kappa shape index (κ3) is 5.72. The molecule has 1 unspecified atom stereocenters. The maximum atomic E-state index is 13.2. The van der Waals surface area contributed by atoms with E-state index in [-0.39, 0.29) is 23.2 Å². The Kier molecular flexibility index (Phi) is 7.13. The molecule has 1 aliphatic rings. The van der Waals surface area contributed by atoms with Gasteiger partial charge in [-0.2, -0.15) is 4.72 Å². The highest BCUT2D eigenvalue weighted by atomic mass is 32.2. The summed E-state index contributed by atoms with van der Waals surface area (Å²) in [5, 5.41) is 12.3. The number of nitrogens with two attached hydrogens (primary N) is 1. The highest BCUT2D eigenvalue weighted by Crippen LogP contribution is 2.20. The minimum atomic E-state index is -3.96. The van der Waals surface area contributed by atoms with Gasteiger partial charge in [0.1, 0.15) is 6.04 Å². The number of likely N-dealkylation sites (tertiary alicyclic amines) is 1. The molecule has 34 heavy (non-hydrogen) atoms. The van der Waals surface area contributed by atoms with Crippen LogP contribution in [0.25, 0.3) is 10.8 Å². The second-order valence-electron chi connectivity index (χ2n) is 8.55. The fourth-order valence-corrected chi connectivity index (χ4v) is 5.44. The average Bonchev–Trinajstić information content (AvgIpc) is 3.35. The Balaban J connectivity index is 1.48. The van der Waals surface area contributed by atoms with E-state index >= 15 is 0 Å². The summed E-state index contributed by atoms with van der Waals surface area (Å²) in [5.41, 5.74) is 6.24. The van der Waals surface area contributed by atoms with E-state index in [1.165, 1.54) is 12.4 Å². The van der Waals surface area contributed by atoms with Crippen molar-refractivity contribution in [3.63, 3.8) is 0 Å². The molecule has 0 aliphatic carbocycles. The van der Waals surface area contributed by atoms with Crippen LogP contribution in [0.3, 0.4) is 0 Å². The third-order valence-corrected chi connectivity index (χ3v) is 7.52. The number of aromatic nitrogens is 2. The number of fused-ring (bicyclic) bond motifs is 1. The quantitative estimate of drug-likeness (QED) is 0.239. The number of nitrogens with zero attached hydrogens (tertiary/aromatic N) is 2. The third-order valence-electron chi connectivity index (χ3n) is 6.05. The maximum Gasteiger partial charge on any atom is 0.241 e. The zero-order valence-electron chi connectivity index (χ0n) is 18.7. The molecule has 3 aromatic rings. The Hall–Kier alpha value is -3.44. The molecule has 180 valence electrons. The summed E-state index contributed by atoms with van der Waals surface area (Å²) in [7, 11) is -3.96. The molecule has 1 saturated heterocycles. The van der Waals surface area contributed by atoms with Gasteiger partial charge >= 0.3 is 0 Å². The number of nitrogens with one attached hydrogen (secondary N) is 4. The van der Waals surface area contributed by atoms with Crippen LogP contribution < -0.4 is 15.8 Å². The Bertz CT molecular complexity index is 1260. The molecule has 2 heterocycles. The highest BCUT2D eigenvalue weighted by molar-refractivity contribution is 7.89. The van der Waals surface area contributed by atoms with Crippen molar-refractivity contribution in [2.75, 3.05) is 19.6 Å². The normalized spacial score (nSPS) is 17.4. The van der Waals surface area contributed by atoms with Gasteiger partial charge in [0, 0.05) is 37.9 Å². The highest BCUT2D eigenvalue weighted by Gasteiger charge is 2.28. The zero-order valence-corrected chi connectivity index (χ0v) is 19.5. The molecule has 4 rings (SSSR count). The Morgan fingerprint density at radius 2 is 2.06 bits per heavy atom. The van der Waals surface area contributed by atoms with Crippen molar-refractivity contribution >= 4 is 32.7 Å². The number of imidazole rings is 1. The number of H-pyrrole nitrogens is 1. The molecule has 6 N–H and O–H groups in total. The van der Waals surface area contributed by atoms with Crippen LogP contribution in [-0.2, 0) is 21.2 Å². The molecule has 2 atom stereocenters. The molecule has 1 aromatic heterocycles. The first-order valence-electron chi connectivity index (χ1n) is 11.2. The summed E-state index contributed by atoms with van der Waals surface area (Å²) in [5.74, 6) is -0.262. The number of sulfonamides is 1. The monoisotopic (exact) mass is 483 g/mol. The summed E-state index contributed by atoms with van der Waals surface area (Å²) < 4.78 is 28.9. The molecular formula is C23H29N7O3S. The van der Waals surface area contributed by atoms with Crippen molar-refractivity contribution in [3.05, 3.63) is 60.7 Å². The van der Waals surface area contributed by atoms with E-state index in [0.717, 1.165) is 30.2 Å². The molecule has 0 spiro atoms. The van der Waals surface area contributed by atoms with Crippen molar-refractivity contribution < 1.29 is 13.2 Å². The van der Waals surface area contributed by atoms with E-state index < -0.39 is 22.0 Å². The molecule has 0 bridgehead atoms. The SMILES string of the molecule is N=C(N)N1CCCC(CNC(=O)[C@@H](Cc2cnc[nH]2)NS(=O)(=O)c2ccc3ccccc3c2)C1. The second kappa shape index (κ2) is 10.2. The van der Waals surface area contributed by atoms with Gasteiger partial charge in [0.05, 0.1) is 11.2 Å². The molecule has 1 fully saturated rings. The second-order valence-corrected chi connectivity index (χ2v) is 10.3. The number of carbonyl (C=O) groups is 1. The van der Waals surface area contributed by atoms with Crippen LogP contribution in [0.2, 0.25) is 0 Å². The van der Waals surface area contributed by atoms with Crippen molar-refractivity contribution in [1.82, 2.24) is 24.9 Å². The van der Waals surface area contributed by atoms with Gasteiger partial charge in [-0.1, -0.05) is 30.3 Å². The average molecular weight is 484 g/mol. The number of rotatable bonds is 8. The first kappa shape index (κ1) is 23.7. The van der Waals surface area contributed by atoms with Crippen LogP contribution >= 0.6 is 0 Å². The van der Waals surface area contributed by atoms with Gasteiger partial charge in [-0.3, -0.25) is 10.2 Å². The lowest BCUT2D eigenvalue weighted by atomic mass is 9.98. The number of carbonyl (C=O) groups excluding carboxylic acids is 1. The van der Waals surface area contributed by atoms with E-state index in [1.807, 2.05) is 24.3 Å². The number of hydrogen-bond acceptors (Lipinski definition) is 5. The number of benzene rings is 2. The number of hydrogen-bond donors (Lipinski definition) is 5. The molecule has 0 radical (unpaired) electrons. The van der Waals surface area contributed by atoms with Gasteiger partial charge in [0.15, 0.2) is 5.96 Å². The lowest BCUT2D eigenvalue weighted by Crippen LogP contribution is -2.51. The van der Waals surface area contributed by atoms with Gasteiger partial charge in [0.2, 0.25) is 15.9 Å². The smallest absolute Gasteiger partial charge is 0.241 e. The Labute approximate surface area is 198 Å². The fraction of sp³-hybridized carbons (Fsp3) is 0.348. The molecule has 11 heteroatoms. The van der Waals surface area contributed by atoms with Crippen LogP contribution in [0.1, 0.15) is 18.5 Å². The summed E-state index contributed by atoms with van der Waals surface area (Å²) >= 11 is 0. The molecule has 1 aliphatic heterocycles. The van der Waals surface area contributed by atoms with Crippen molar-refractivity contribution in [2.24, 2.45) is 11.7 Å². The van der Waals surface area contributed by atoms with Crippen LogP contribution in [-0.4, -0.2) is 60.8 Å². The minimum Gasteiger partial charge on any atom is -0.370 e. The lowest BCUT2D eigenvalue weighted by molar-refractivity contribution is -0.123. The van der Waals surface area contributed by atoms with Gasteiger partial charge < -0.3 is 20.9 Å². The summed E-state index contributed by atoms with van der Waals surface area (Å²) in [6, 6.07) is 11.3. The van der Waals surface area contributed by atoms with Crippen LogP contribution in [0.15, 0.2) is 59.9 Å². The van der Waals surface area contributed by atoms with Crippen LogP contribution in [0.4, 0.5) is 0 Å². The molecular weight excluding hydrogens is 454 g/mol. The first-order valence-corrected chi connectivity index (χ1v) is 12.7. The topological polar surface area (TPSA) is 157 Å². The summed E-state index contributed by atoms with van der Waals surface area (Å²) in [4.78, 5) is 21.9. The predicted molar refractivity (Wildman–Crippen MR) is 130 cm³/mol. The molecule has 2 aromatic carbocycles. The van der Waals surface area contributed by atoms with Crippen LogP contribution in [0, 0.1) is 11.3 Å². The van der Waals surface area contributed by atoms with E-state index in [4.69, 9.17) is 11.1 Å². The van der Waals surface area contributed by atoms with Crippen molar-refractivity contribution in [3.8, 4) is 0 Å². The van der Waals surface area contributed by atoms with E-state index in [2.05, 4.69) is 20.0 Å². The van der Waals surface area contributed by atoms with Gasteiger partial charge in [-0.15, -0.1) is 0 Å². The van der Waals surface area contributed by atoms with E-state index in [0.29, 0.717) is 18.8 Å². The number of guanidine groups is 1. The zero-order chi connectivity index (χ0) is 24.1. The number of amides is 1. The van der Waals surface area contributed by atoms with E-state index in [1.54, 1.807) is 23.2 Å². The summed E-state index contributed by atoms with van der Waals surface area (Å²) in [6.07, 6.45) is 4.96. The first-order chi connectivity index (χ1) is 16.3. The van der Waals surface area contributed by atoms with Crippen LogP contribution in [0.5, 0.6) is 0 Å². The molecule has 1 amide bonds. The van der Waals surface area contributed by atoms with Gasteiger partial charge in [-0.25, -0.2) is 13.4 Å². The number of aromatic amines is 1. The van der Waals surface area contributed by atoms with Crippen molar-refractivity contribution in [1.29, 1.82) is 5.41 Å². The van der Waals surface area contributed by atoms with Crippen molar-refractivity contribution in [2.45, 2.75) is 30.2 Å². The van der Waals surface area contributed by atoms with Gasteiger partial charge in [0.25, 0.3) is 0 Å². The molecule has 10 nitrogen and oxygen atoms in total. The van der Waals surface area contributed by atoms with E-state index in [9.17, 15) is 13.2 Å². The standard InChI is InChI=1S/C23H29N7O3S/c24-23(25)30-9-3-4-16(14-30)12-27-22(31)21(11-19-13-26-15-28-19)29-34(32,33)20-8-7-17-5-1-2-6-18(17)10-20/h1-2,5-8,10,13,15-16,21,29H,3-4,9,11-12,14H2,(H3,24,25)(H,26,28)(H,27,31)/t16?,21-/m1/s1. The Morgan fingerprint density at radius 1 is 1.26 bits per heavy atom.